The maximum atomic E-state index is 6.21. The van der Waals surface area contributed by atoms with Crippen molar-refractivity contribution >= 4 is 34.7 Å². The molecule has 1 aromatic heterocycles. The monoisotopic (exact) mass is 295 g/mol. The summed E-state index contributed by atoms with van der Waals surface area (Å²) in [6.07, 6.45) is 0.732. The standard InChI is InChI=1S/C14H15Cl2N3/c1-4-12-18-13(16)9(3)14(19-12)17-11-6-5-8(2)7-10(11)15/h5-7H,4H2,1-3H3,(H,17,18,19). The number of halogens is 2. The van der Waals surface area contributed by atoms with Crippen molar-refractivity contribution in [3.8, 4) is 0 Å². The number of hydrogen-bond donors (Lipinski definition) is 1. The molecule has 0 atom stereocenters. The van der Waals surface area contributed by atoms with Gasteiger partial charge in [-0.2, -0.15) is 0 Å². The lowest BCUT2D eigenvalue weighted by molar-refractivity contribution is 0.934. The molecule has 100 valence electrons. The Kier molecular flexibility index (Phi) is 4.27. The van der Waals surface area contributed by atoms with Crippen molar-refractivity contribution in [2.24, 2.45) is 0 Å². The van der Waals surface area contributed by atoms with Crippen LogP contribution in [0, 0.1) is 13.8 Å². The fourth-order valence-corrected chi connectivity index (χ4v) is 2.13. The topological polar surface area (TPSA) is 37.8 Å². The molecule has 0 aliphatic rings. The summed E-state index contributed by atoms with van der Waals surface area (Å²) in [6.45, 7) is 5.87. The quantitative estimate of drug-likeness (QED) is 0.834. The van der Waals surface area contributed by atoms with Crippen LogP contribution >= 0.6 is 23.2 Å². The van der Waals surface area contributed by atoms with Gasteiger partial charge in [-0.15, -0.1) is 0 Å². The maximum absolute atomic E-state index is 6.21. The van der Waals surface area contributed by atoms with Gasteiger partial charge in [-0.25, -0.2) is 9.97 Å². The molecule has 5 heteroatoms. The molecule has 2 rings (SSSR count). The van der Waals surface area contributed by atoms with Gasteiger partial charge in [0.05, 0.1) is 10.7 Å². The molecule has 0 unspecified atom stereocenters. The SMILES string of the molecule is CCc1nc(Cl)c(C)c(Nc2ccc(C)cc2Cl)n1. The van der Waals surface area contributed by atoms with Crippen LogP contribution < -0.4 is 5.32 Å². The first kappa shape index (κ1) is 14.1. The Labute approximate surface area is 123 Å². The van der Waals surface area contributed by atoms with Gasteiger partial charge in [0.15, 0.2) is 0 Å². The van der Waals surface area contributed by atoms with E-state index in [1.54, 1.807) is 0 Å². The molecular weight excluding hydrogens is 281 g/mol. The van der Waals surface area contributed by atoms with Gasteiger partial charge in [-0.05, 0) is 31.5 Å². The van der Waals surface area contributed by atoms with Gasteiger partial charge in [0.2, 0.25) is 0 Å². The highest BCUT2D eigenvalue weighted by Gasteiger charge is 2.10. The Balaban J connectivity index is 2.40. The van der Waals surface area contributed by atoms with Crippen molar-refractivity contribution in [2.45, 2.75) is 27.2 Å². The molecule has 0 spiro atoms. The fraction of sp³-hybridized carbons (Fsp3) is 0.286. The van der Waals surface area contributed by atoms with Crippen molar-refractivity contribution in [1.82, 2.24) is 9.97 Å². The van der Waals surface area contributed by atoms with Gasteiger partial charge in [0, 0.05) is 12.0 Å². The number of rotatable bonds is 3. The number of nitrogens with one attached hydrogen (secondary N) is 1. The summed E-state index contributed by atoms with van der Waals surface area (Å²) in [5, 5.41) is 4.35. The Morgan fingerprint density at radius 1 is 1.16 bits per heavy atom. The number of anilines is 2. The molecule has 0 radical (unpaired) electrons. The average molecular weight is 296 g/mol. The lowest BCUT2D eigenvalue weighted by atomic mass is 10.2. The summed E-state index contributed by atoms with van der Waals surface area (Å²) in [5.74, 6) is 1.41. The highest BCUT2D eigenvalue weighted by atomic mass is 35.5. The molecule has 1 N–H and O–H groups in total. The van der Waals surface area contributed by atoms with E-state index >= 15 is 0 Å². The van der Waals surface area contributed by atoms with Crippen molar-refractivity contribution in [3.63, 3.8) is 0 Å². The van der Waals surface area contributed by atoms with Crippen LogP contribution in [-0.2, 0) is 6.42 Å². The third kappa shape index (κ3) is 3.17. The average Bonchev–Trinajstić information content (AvgIpc) is 2.37. The van der Waals surface area contributed by atoms with E-state index in [0.29, 0.717) is 21.8 Å². The predicted molar refractivity (Wildman–Crippen MR) is 80.6 cm³/mol. The highest BCUT2D eigenvalue weighted by molar-refractivity contribution is 6.33. The summed E-state index contributed by atoms with van der Waals surface area (Å²) in [4.78, 5) is 8.66. The zero-order chi connectivity index (χ0) is 14.0. The molecule has 0 saturated carbocycles. The van der Waals surface area contributed by atoms with E-state index in [4.69, 9.17) is 23.2 Å². The summed E-state index contributed by atoms with van der Waals surface area (Å²) in [5.41, 5.74) is 2.74. The Hall–Kier alpha value is -1.32. The summed E-state index contributed by atoms with van der Waals surface area (Å²) >= 11 is 12.3. The van der Waals surface area contributed by atoms with Crippen LogP contribution in [0.1, 0.15) is 23.9 Å². The molecule has 3 nitrogen and oxygen atoms in total. The third-order valence-electron chi connectivity index (χ3n) is 2.83. The zero-order valence-electron chi connectivity index (χ0n) is 11.1. The number of aromatic nitrogens is 2. The second-order valence-corrected chi connectivity index (χ2v) is 5.13. The van der Waals surface area contributed by atoms with E-state index < -0.39 is 0 Å². The Morgan fingerprint density at radius 2 is 1.89 bits per heavy atom. The van der Waals surface area contributed by atoms with Crippen molar-refractivity contribution in [1.29, 1.82) is 0 Å². The molecular formula is C14H15Cl2N3. The molecule has 2 aromatic rings. The largest absolute Gasteiger partial charge is 0.339 e. The molecule has 0 amide bonds. The van der Waals surface area contributed by atoms with Crippen LogP contribution in [0.4, 0.5) is 11.5 Å². The van der Waals surface area contributed by atoms with E-state index in [2.05, 4.69) is 15.3 Å². The van der Waals surface area contributed by atoms with E-state index in [0.717, 1.165) is 23.2 Å². The van der Waals surface area contributed by atoms with Crippen molar-refractivity contribution in [2.75, 3.05) is 5.32 Å². The minimum Gasteiger partial charge on any atom is -0.339 e. The summed E-state index contributed by atoms with van der Waals surface area (Å²) in [7, 11) is 0. The van der Waals surface area contributed by atoms with Crippen LogP contribution in [0.3, 0.4) is 0 Å². The number of hydrogen-bond acceptors (Lipinski definition) is 3. The minimum atomic E-state index is 0.470. The van der Waals surface area contributed by atoms with Gasteiger partial charge in [-0.1, -0.05) is 36.2 Å². The molecule has 0 aliphatic carbocycles. The first-order valence-corrected chi connectivity index (χ1v) is 6.83. The first-order chi connectivity index (χ1) is 9.01. The Morgan fingerprint density at radius 3 is 2.53 bits per heavy atom. The lowest BCUT2D eigenvalue weighted by Gasteiger charge is -2.12. The third-order valence-corrected chi connectivity index (χ3v) is 3.51. The Bertz CT molecular complexity index is 612. The fourth-order valence-electron chi connectivity index (χ4n) is 1.66. The van der Waals surface area contributed by atoms with Gasteiger partial charge in [-0.3, -0.25) is 0 Å². The lowest BCUT2D eigenvalue weighted by Crippen LogP contribution is -2.03. The van der Waals surface area contributed by atoms with Gasteiger partial charge < -0.3 is 5.32 Å². The molecule has 1 heterocycles. The maximum Gasteiger partial charge on any atom is 0.138 e. The highest BCUT2D eigenvalue weighted by Crippen LogP contribution is 2.28. The number of aryl methyl sites for hydroxylation is 2. The van der Waals surface area contributed by atoms with E-state index in [-0.39, 0.29) is 0 Å². The minimum absolute atomic E-state index is 0.470. The molecule has 0 fully saturated rings. The van der Waals surface area contributed by atoms with Crippen molar-refractivity contribution < 1.29 is 0 Å². The van der Waals surface area contributed by atoms with E-state index in [1.165, 1.54) is 0 Å². The molecule has 1 aromatic carbocycles. The van der Waals surface area contributed by atoms with Crippen molar-refractivity contribution in [3.05, 3.63) is 45.3 Å². The van der Waals surface area contributed by atoms with Crippen LogP contribution in [0.2, 0.25) is 10.2 Å². The normalized spacial score (nSPS) is 10.6. The molecule has 19 heavy (non-hydrogen) atoms. The smallest absolute Gasteiger partial charge is 0.138 e. The van der Waals surface area contributed by atoms with Crippen LogP contribution in [-0.4, -0.2) is 9.97 Å². The van der Waals surface area contributed by atoms with Gasteiger partial charge in [0.1, 0.15) is 16.8 Å². The van der Waals surface area contributed by atoms with E-state index in [1.807, 2.05) is 39.0 Å². The predicted octanol–water partition coefficient (Wildman–Crippen LogP) is 4.71. The second-order valence-electron chi connectivity index (χ2n) is 4.37. The number of benzene rings is 1. The van der Waals surface area contributed by atoms with Gasteiger partial charge in [0.25, 0.3) is 0 Å². The van der Waals surface area contributed by atoms with Crippen LogP contribution in [0.25, 0.3) is 0 Å². The van der Waals surface area contributed by atoms with Crippen LogP contribution in [0.15, 0.2) is 18.2 Å². The molecule has 0 bridgehead atoms. The summed E-state index contributed by atoms with van der Waals surface area (Å²) in [6, 6.07) is 5.83. The second kappa shape index (κ2) is 5.76. The first-order valence-electron chi connectivity index (χ1n) is 6.07. The molecule has 0 saturated heterocycles. The van der Waals surface area contributed by atoms with Gasteiger partial charge >= 0.3 is 0 Å². The number of nitrogens with zero attached hydrogens (tertiary/aromatic N) is 2. The molecule has 0 aliphatic heterocycles. The van der Waals surface area contributed by atoms with E-state index in [9.17, 15) is 0 Å². The zero-order valence-corrected chi connectivity index (χ0v) is 12.6. The van der Waals surface area contributed by atoms with Crippen LogP contribution in [0.5, 0.6) is 0 Å². The summed E-state index contributed by atoms with van der Waals surface area (Å²) < 4.78 is 0.